The molecule has 1 fully saturated rings. The standard InChI is InChI=1S/C9H20N2/c1-7(2)11-9(6-10-3)8-4-5-8/h7-11H,4-6H2,1-3H3. The van der Waals surface area contributed by atoms with Crippen molar-refractivity contribution < 1.29 is 0 Å². The summed E-state index contributed by atoms with van der Waals surface area (Å²) >= 11 is 0. The zero-order valence-corrected chi connectivity index (χ0v) is 7.85. The molecule has 0 amide bonds. The smallest absolute Gasteiger partial charge is 0.0222 e. The third-order valence-corrected chi connectivity index (χ3v) is 2.16. The van der Waals surface area contributed by atoms with Gasteiger partial charge in [-0.05, 0) is 25.8 Å². The average Bonchev–Trinajstić information content (AvgIpc) is 2.66. The van der Waals surface area contributed by atoms with Gasteiger partial charge < -0.3 is 10.6 Å². The Kier molecular flexibility index (Phi) is 3.34. The van der Waals surface area contributed by atoms with Gasteiger partial charge in [0.1, 0.15) is 0 Å². The molecule has 1 unspecified atom stereocenters. The van der Waals surface area contributed by atoms with E-state index in [1.54, 1.807) is 0 Å². The summed E-state index contributed by atoms with van der Waals surface area (Å²) in [7, 11) is 2.03. The van der Waals surface area contributed by atoms with E-state index >= 15 is 0 Å². The van der Waals surface area contributed by atoms with Crippen molar-refractivity contribution in [1.29, 1.82) is 0 Å². The van der Waals surface area contributed by atoms with Crippen LogP contribution in [0.4, 0.5) is 0 Å². The Bertz CT molecular complexity index is 108. The van der Waals surface area contributed by atoms with Crippen LogP contribution in [0.1, 0.15) is 26.7 Å². The summed E-state index contributed by atoms with van der Waals surface area (Å²) in [6.07, 6.45) is 2.85. The number of hydrogen-bond acceptors (Lipinski definition) is 2. The van der Waals surface area contributed by atoms with Crippen molar-refractivity contribution in [3.05, 3.63) is 0 Å². The minimum absolute atomic E-state index is 0.619. The molecule has 0 radical (unpaired) electrons. The van der Waals surface area contributed by atoms with Gasteiger partial charge in [-0.25, -0.2) is 0 Å². The van der Waals surface area contributed by atoms with Gasteiger partial charge in [0, 0.05) is 18.6 Å². The maximum atomic E-state index is 3.58. The number of nitrogens with one attached hydrogen (secondary N) is 2. The van der Waals surface area contributed by atoms with Gasteiger partial charge in [-0.15, -0.1) is 0 Å². The molecule has 11 heavy (non-hydrogen) atoms. The van der Waals surface area contributed by atoms with Crippen molar-refractivity contribution in [2.45, 2.75) is 38.8 Å². The fourth-order valence-corrected chi connectivity index (χ4v) is 1.51. The maximum absolute atomic E-state index is 3.58. The Balaban J connectivity index is 2.20. The maximum Gasteiger partial charge on any atom is 0.0222 e. The molecule has 0 aromatic rings. The van der Waals surface area contributed by atoms with Gasteiger partial charge in [0.05, 0.1) is 0 Å². The topological polar surface area (TPSA) is 24.1 Å². The third kappa shape index (κ3) is 3.21. The van der Waals surface area contributed by atoms with E-state index in [0.29, 0.717) is 12.1 Å². The summed E-state index contributed by atoms with van der Waals surface area (Å²) < 4.78 is 0. The summed E-state index contributed by atoms with van der Waals surface area (Å²) in [5, 5.41) is 6.81. The highest BCUT2D eigenvalue weighted by Crippen LogP contribution is 2.32. The van der Waals surface area contributed by atoms with Gasteiger partial charge in [0.15, 0.2) is 0 Å². The largest absolute Gasteiger partial charge is 0.318 e. The van der Waals surface area contributed by atoms with E-state index in [2.05, 4.69) is 24.5 Å². The lowest BCUT2D eigenvalue weighted by molar-refractivity contribution is 0.410. The predicted molar refractivity (Wildman–Crippen MR) is 48.7 cm³/mol. The zero-order valence-electron chi connectivity index (χ0n) is 7.85. The van der Waals surface area contributed by atoms with Crippen LogP contribution in [0.15, 0.2) is 0 Å². The van der Waals surface area contributed by atoms with Gasteiger partial charge >= 0.3 is 0 Å². The highest BCUT2D eigenvalue weighted by Gasteiger charge is 2.30. The van der Waals surface area contributed by atoms with Crippen LogP contribution in [0.3, 0.4) is 0 Å². The third-order valence-electron chi connectivity index (χ3n) is 2.16. The number of hydrogen-bond donors (Lipinski definition) is 2. The average molecular weight is 156 g/mol. The van der Waals surface area contributed by atoms with E-state index in [4.69, 9.17) is 0 Å². The molecule has 1 aliphatic carbocycles. The van der Waals surface area contributed by atoms with E-state index in [9.17, 15) is 0 Å². The molecule has 0 heterocycles. The number of rotatable bonds is 5. The SMILES string of the molecule is CNCC(NC(C)C)C1CC1. The minimum atomic E-state index is 0.619. The second-order valence-electron chi connectivity index (χ2n) is 3.82. The van der Waals surface area contributed by atoms with E-state index in [1.165, 1.54) is 12.8 Å². The highest BCUT2D eigenvalue weighted by molar-refractivity contribution is 4.88. The molecule has 0 aromatic carbocycles. The first-order valence-corrected chi connectivity index (χ1v) is 4.64. The molecule has 0 aromatic heterocycles. The predicted octanol–water partition coefficient (Wildman–Crippen LogP) is 0.982. The molecule has 2 heteroatoms. The Hall–Kier alpha value is -0.0800. The van der Waals surface area contributed by atoms with Crippen LogP contribution < -0.4 is 10.6 Å². The van der Waals surface area contributed by atoms with E-state index in [-0.39, 0.29) is 0 Å². The molecule has 1 atom stereocenters. The zero-order chi connectivity index (χ0) is 8.27. The Morgan fingerprint density at radius 3 is 2.36 bits per heavy atom. The molecule has 1 rings (SSSR count). The molecule has 0 spiro atoms. The molecule has 0 bridgehead atoms. The van der Waals surface area contributed by atoms with Crippen molar-refractivity contribution in [2.24, 2.45) is 5.92 Å². The first-order chi connectivity index (χ1) is 5.24. The lowest BCUT2D eigenvalue weighted by Gasteiger charge is -2.20. The van der Waals surface area contributed by atoms with Crippen LogP contribution in [0.25, 0.3) is 0 Å². The molecule has 2 nitrogen and oxygen atoms in total. The van der Waals surface area contributed by atoms with Gasteiger partial charge in [-0.3, -0.25) is 0 Å². The van der Waals surface area contributed by atoms with Crippen LogP contribution in [-0.4, -0.2) is 25.7 Å². The Morgan fingerprint density at radius 2 is 2.00 bits per heavy atom. The van der Waals surface area contributed by atoms with Gasteiger partial charge in [-0.1, -0.05) is 13.8 Å². The quantitative estimate of drug-likeness (QED) is 0.620. The molecule has 1 saturated carbocycles. The first kappa shape index (κ1) is 9.01. The van der Waals surface area contributed by atoms with E-state index < -0.39 is 0 Å². The van der Waals surface area contributed by atoms with Crippen LogP contribution >= 0.6 is 0 Å². The molecular weight excluding hydrogens is 136 g/mol. The summed E-state index contributed by atoms with van der Waals surface area (Å²) in [6.45, 7) is 5.54. The molecule has 0 aliphatic heterocycles. The minimum Gasteiger partial charge on any atom is -0.318 e. The van der Waals surface area contributed by atoms with Crippen LogP contribution in [0.5, 0.6) is 0 Å². The summed E-state index contributed by atoms with van der Waals surface area (Å²) in [5.41, 5.74) is 0. The van der Waals surface area contributed by atoms with Crippen molar-refractivity contribution in [1.82, 2.24) is 10.6 Å². The fraction of sp³-hybridized carbons (Fsp3) is 1.00. The van der Waals surface area contributed by atoms with Crippen molar-refractivity contribution in [3.63, 3.8) is 0 Å². The summed E-state index contributed by atoms with van der Waals surface area (Å²) in [5.74, 6) is 0.949. The molecule has 2 N–H and O–H groups in total. The molecule has 0 saturated heterocycles. The Morgan fingerprint density at radius 1 is 1.36 bits per heavy atom. The van der Waals surface area contributed by atoms with Crippen LogP contribution in [-0.2, 0) is 0 Å². The molecular formula is C9H20N2. The summed E-state index contributed by atoms with van der Waals surface area (Å²) in [6, 6.07) is 1.33. The summed E-state index contributed by atoms with van der Waals surface area (Å²) in [4.78, 5) is 0. The Labute approximate surface area is 69.8 Å². The van der Waals surface area contributed by atoms with Gasteiger partial charge in [0.2, 0.25) is 0 Å². The molecule has 1 aliphatic rings. The normalized spacial score (nSPS) is 20.7. The monoisotopic (exact) mass is 156 g/mol. The van der Waals surface area contributed by atoms with Gasteiger partial charge in [-0.2, -0.15) is 0 Å². The van der Waals surface area contributed by atoms with Crippen molar-refractivity contribution in [3.8, 4) is 0 Å². The van der Waals surface area contributed by atoms with Crippen molar-refractivity contribution in [2.75, 3.05) is 13.6 Å². The number of likely N-dealkylation sites (N-methyl/N-ethyl adjacent to an activating group) is 1. The van der Waals surface area contributed by atoms with Crippen molar-refractivity contribution >= 4 is 0 Å². The fourth-order valence-electron chi connectivity index (χ4n) is 1.51. The highest BCUT2D eigenvalue weighted by atomic mass is 15.0. The van der Waals surface area contributed by atoms with E-state index in [0.717, 1.165) is 12.5 Å². The van der Waals surface area contributed by atoms with E-state index in [1.807, 2.05) is 7.05 Å². The lowest BCUT2D eigenvalue weighted by Crippen LogP contribution is -2.42. The first-order valence-electron chi connectivity index (χ1n) is 4.64. The second kappa shape index (κ2) is 4.07. The second-order valence-corrected chi connectivity index (χ2v) is 3.82. The van der Waals surface area contributed by atoms with Crippen LogP contribution in [0.2, 0.25) is 0 Å². The lowest BCUT2D eigenvalue weighted by atomic mass is 10.1. The van der Waals surface area contributed by atoms with Gasteiger partial charge in [0.25, 0.3) is 0 Å². The van der Waals surface area contributed by atoms with Crippen LogP contribution in [0, 0.1) is 5.92 Å². The molecule has 66 valence electrons.